The standard InChI is InChI=1S/C10H13NO2S/c1-2-6-10(12)11-14(13)9-7-4-3-5-8-9/h3-5,7-8H,2,6H2,1H3,(H,11,12)/t14-/m0/s1. The Bertz CT molecular complexity index is 324. The van der Waals surface area contributed by atoms with Crippen LogP contribution < -0.4 is 4.72 Å². The van der Waals surface area contributed by atoms with E-state index in [2.05, 4.69) is 4.72 Å². The summed E-state index contributed by atoms with van der Waals surface area (Å²) in [6.45, 7) is 1.91. The lowest BCUT2D eigenvalue weighted by atomic mass is 10.3. The zero-order valence-corrected chi connectivity index (χ0v) is 8.84. The highest BCUT2D eigenvalue weighted by atomic mass is 32.2. The first-order valence-corrected chi connectivity index (χ1v) is 5.65. The molecule has 0 saturated carbocycles. The van der Waals surface area contributed by atoms with Crippen molar-refractivity contribution in [3.63, 3.8) is 0 Å². The lowest BCUT2D eigenvalue weighted by Crippen LogP contribution is -2.25. The van der Waals surface area contributed by atoms with Gasteiger partial charge in [-0.05, 0) is 18.6 Å². The molecule has 1 aromatic rings. The molecule has 0 spiro atoms. The average molecular weight is 211 g/mol. The molecule has 1 aromatic carbocycles. The Morgan fingerprint density at radius 1 is 1.36 bits per heavy atom. The van der Waals surface area contributed by atoms with Gasteiger partial charge in [-0.3, -0.25) is 9.52 Å². The molecule has 14 heavy (non-hydrogen) atoms. The summed E-state index contributed by atoms with van der Waals surface area (Å²) in [5, 5.41) is 0. The van der Waals surface area contributed by atoms with Gasteiger partial charge in [0.15, 0.2) is 11.0 Å². The Balaban J connectivity index is 2.55. The van der Waals surface area contributed by atoms with Gasteiger partial charge in [0.05, 0.1) is 4.90 Å². The Kier molecular flexibility index (Phi) is 4.32. The minimum Gasteiger partial charge on any atom is -0.274 e. The largest absolute Gasteiger partial charge is 0.274 e. The molecule has 0 aliphatic rings. The van der Waals surface area contributed by atoms with E-state index in [1.165, 1.54) is 0 Å². The smallest absolute Gasteiger partial charge is 0.231 e. The summed E-state index contributed by atoms with van der Waals surface area (Å²) in [6, 6.07) is 8.87. The Labute approximate surface area is 86.1 Å². The molecule has 1 N–H and O–H groups in total. The maximum atomic E-state index is 11.5. The molecule has 3 nitrogen and oxygen atoms in total. The lowest BCUT2D eigenvalue weighted by molar-refractivity contribution is -0.119. The van der Waals surface area contributed by atoms with Gasteiger partial charge < -0.3 is 0 Å². The Hall–Kier alpha value is -1.16. The van der Waals surface area contributed by atoms with Gasteiger partial charge in [-0.1, -0.05) is 25.1 Å². The monoisotopic (exact) mass is 211 g/mol. The normalized spacial score (nSPS) is 12.1. The van der Waals surface area contributed by atoms with E-state index >= 15 is 0 Å². The van der Waals surface area contributed by atoms with Crippen molar-refractivity contribution in [2.75, 3.05) is 0 Å². The number of amides is 1. The third kappa shape index (κ3) is 3.30. The summed E-state index contributed by atoms with van der Waals surface area (Å²) in [5.41, 5.74) is 0. The maximum absolute atomic E-state index is 11.5. The molecule has 1 rings (SSSR count). The first kappa shape index (κ1) is 10.9. The van der Waals surface area contributed by atoms with Crippen molar-refractivity contribution in [1.29, 1.82) is 0 Å². The van der Waals surface area contributed by atoms with E-state index < -0.39 is 11.0 Å². The molecule has 0 aliphatic carbocycles. The van der Waals surface area contributed by atoms with E-state index in [-0.39, 0.29) is 5.91 Å². The number of hydrogen-bond acceptors (Lipinski definition) is 2. The minimum atomic E-state index is -1.41. The molecule has 1 amide bonds. The second-order valence-corrected chi connectivity index (χ2v) is 4.07. The van der Waals surface area contributed by atoms with Gasteiger partial charge in [0, 0.05) is 6.42 Å². The first-order valence-electron chi connectivity index (χ1n) is 4.50. The van der Waals surface area contributed by atoms with Crippen LogP contribution in [-0.4, -0.2) is 10.1 Å². The summed E-state index contributed by atoms with van der Waals surface area (Å²) >= 11 is 0. The summed E-state index contributed by atoms with van der Waals surface area (Å²) in [4.78, 5) is 11.7. The van der Waals surface area contributed by atoms with Crippen LogP contribution in [-0.2, 0) is 15.8 Å². The molecule has 1 atom stereocenters. The van der Waals surface area contributed by atoms with Crippen molar-refractivity contribution in [1.82, 2.24) is 4.72 Å². The van der Waals surface area contributed by atoms with Crippen molar-refractivity contribution < 1.29 is 9.00 Å². The van der Waals surface area contributed by atoms with Crippen LogP contribution in [0.25, 0.3) is 0 Å². The highest BCUT2D eigenvalue weighted by Crippen LogP contribution is 2.03. The van der Waals surface area contributed by atoms with E-state index in [0.717, 1.165) is 6.42 Å². The van der Waals surface area contributed by atoms with Gasteiger partial charge >= 0.3 is 0 Å². The number of benzene rings is 1. The van der Waals surface area contributed by atoms with E-state index in [4.69, 9.17) is 0 Å². The summed E-state index contributed by atoms with van der Waals surface area (Å²) in [6.07, 6.45) is 1.18. The zero-order valence-electron chi connectivity index (χ0n) is 8.03. The molecule has 0 aliphatic heterocycles. The van der Waals surface area contributed by atoms with Gasteiger partial charge in [0.25, 0.3) is 0 Å². The van der Waals surface area contributed by atoms with E-state index in [9.17, 15) is 9.00 Å². The number of carbonyl (C=O) groups is 1. The molecule has 4 heteroatoms. The highest BCUT2D eigenvalue weighted by molar-refractivity contribution is 7.83. The van der Waals surface area contributed by atoms with Crippen LogP contribution in [0.3, 0.4) is 0 Å². The molecule has 0 unspecified atom stereocenters. The van der Waals surface area contributed by atoms with E-state index in [1.807, 2.05) is 13.0 Å². The molecular formula is C10H13NO2S. The van der Waals surface area contributed by atoms with Crippen LogP contribution >= 0.6 is 0 Å². The SMILES string of the molecule is CCCC(=O)N[S@@](=O)c1ccccc1. The number of rotatable bonds is 4. The third-order valence-corrected chi connectivity index (χ3v) is 2.75. The predicted molar refractivity (Wildman–Crippen MR) is 55.9 cm³/mol. The van der Waals surface area contributed by atoms with Crippen LogP contribution in [0.15, 0.2) is 35.2 Å². The molecule has 0 bridgehead atoms. The minimum absolute atomic E-state index is 0.172. The average Bonchev–Trinajstić information content (AvgIpc) is 2.19. The molecule has 76 valence electrons. The number of hydrogen-bond donors (Lipinski definition) is 1. The maximum Gasteiger partial charge on any atom is 0.231 e. The van der Waals surface area contributed by atoms with Gasteiger partial charge in [-0.15, -0.1) is 0 Å². The molecular weight excluding hydrogens is 198 g/mol. The van der Waals surface area contributed by atoms with E-state index in [0.29, 0.717) is 11.3 Å². The zero-order chi connectivity index (χ0) is 10.4. The summed E-state index contributed by atoms with van der Waals surface area (Å²) in [5.74, 6) is -0.172. The van der Waals surface area contributed by atoms with Crippen molar-refractivity contribution in [3.8, 4) is 0 Å². The van der Waals surface area contributed by atoms with Crippen molar-refractivity contribution in [2.45, 2.75) is 24.7 Å². The number of nitrogens with one attached hydrogen (secondary N) is 1. The molecule has 0 aromatic heterocycles. The van der Waals surface area contributed by atoms with E-state index in [1.54, 1.807) is 24.3 Å². The Morgan fingerprint density at radius 3 is 2.57 bits per heavy atom. The Morgan fingerprint density at radius 2 is 2.00 bits per heavy atom. The van der Waals surface area contributed by atoms with Crippen molar-refractivity contribution in [3.05, 3.63) is 30.3 Å². The second kappa shape index (κ2) is 5.54. The van der Waals surface area contributed by atoms with Gasteiger partial charge in [-0.25, -0.2) is 4.21 Å². The lowest BCUT2D eigenvalue weighted by Gasteiger charge is -2.03. The predicted octanol–water partition coefficient (Wildman–Crippen LogP) is 1.63. The first-order chi connectivity index (χ1) is 6.74. The third-order valence-electron chi connectivity index (χ3n) is 1.64. The van der Waals surface area contributed by atoms with Gasteiger partial charge in [0.1, 0.15) is 0 Å². The number of carbonyl (C=O) groups excluding carboxylic acids is 1. The van der Waals surface area contributed by atoms with Crippen LogP contribution in [0.1, 0.15) is 19.8 Å². The molecule has 0 saturated heterocycles. The van der Waals surface area contributed by atoms with Crippen LogP contribution in [0, 0.1) is 0 Å². The van der Waals surface area contributed by atoms with Crippen LogP contribution in [0.2, 0.25) is 0 Å². The van der Waals surface area contributed by atoms with Gasteiger partial charge in [0.2, 0.25) is 5.91 Å². The van der Waals surface area contributed by atoms with Crippen molar-refractivity contribution >= 4 is 16.9 Å². The summed E-state index contributed by atoms with van der Waals surface area (Å²) < 4.78 is 13.9. The second-order valence-electron chi connectivity index (χ2n) is 2.86. The molecule has 0 fully saturated rings. The highest BCUT2D eigenvalue weighted by Gasteiger charge is 2.06. The van der Waals surface area contributed by atoms with Crippen molar-refractivity contribution in [2.24, 2.45) is 0 Å². The van der Waals surface area contributed by atoms with Gasteiger partial charge in [-0.2, -0.15) is 0 Å². The fourth-order valence-corrected chi connectivity index (χ4v) is 1.82. The fraction of sp³-hybridized carbons (Fsp3) is 0.300. The molecule has 0 heterocycles. The van der Waals surface area contributed by atoms with Crippen LogP contribution in [0.4, 0.5) is 0 Å². The molecule has 0 radical (unpaired) electrons. The fourth-order valence-electron chi connectivity index (χ4n) is 0.985. The summed E-state index contributed by atoms with van der Waals surface area (Å²) in [7, 11) is -1.41. The van der Waals surface area contributed by atoms with Crippen LogP contribution in [0.5, 0.6) is 0 Å². The topological polar surface area (TPSA) is 46.2 Å². The quantitative estimate of drug-likeness (QED) is 0.822.